The Hall–Kier alpha value is -2.15. The van der Waals surface area contributed by atoms with Crippen LogP contribution in [0.5, 0.6) is 0 Å². The maximum atomic E-state index is 5.89. The summed E-state index contributed by atoms with van der Waals surface area (Å²) < 4.78 is 2.07. The molecule has 0 amide bonds. The molecule has 7 heteroatoms. The Morgan fingerprint density at radius 1 is 1.24 bits per heavy atom. The fraction of sp³-hybridized carbons (Fsp3) is 0.286. The average Bonchev–Trinajstić information content (AvgIpc) is 2.86. The summed E-state index contributed by atoms with van der Waals surface area (Å²) in [5, 5.41) is 0. The highest BCUT2D eigenvalue weighted by Gasteiger charge is 2.14. The first-order valence-corrected chi connectivity index (χ1v) is 7.38. The van der Waals surface area contributed by atoms with E-state index in [1.807, 2.05) is 12.3 Å². The molecule has 0 saturated heterocycles. The van der Waals surface area contributed by atoms with Crippen molar-refractivity contribution in [2.75, 3.05) is 11.5 Å². The molecule has 0 aliphatic heterocycles. The van der Waals surface area contributed by atoms with Gasteiger partial charge >= 0.3 is 0 Å². The first kappa shape index (κ1) is 13.8. The summed E-state index contributed by atoms with van der Waals surface area (Å²) in [5.41, 5.74) is 8.51. The van der Waals surface area contributed by atoms with Gasteiger partial charge in [-0.1, -0.05) is 6.07 Å². The van der Waals surface area contributed by atoms with Gasteiger partial charge in [0.25, 0.3) is 0 Å². The maximum absolute atomic E-state index is 5.89. The number of aryl methyl sites for hydroxylation is 3. The van der Waals surface area contributed by atoms with Crippen molar-refractivity contribution < 1.29 is 0 Å². The van der Waals surface area contributed by atoms with E-state index in [2.05, 4.69) is 43.2 Å². The summed E-state index contributed by atoms with van der Waals surface area (Å²) in [5.74, 6) is 2.09. The van der Waals surface area contributed by atoms with Crippen molar-refractivity contribution in [3.05, 3.63) is 42.2 Å². The third kappa shape index (κ3) is 2.82. The fourth-order valence-electron chi connectivity index (χ4n) is 2.33. The fourth-order valence-corrected chi connectivity index (χ4v) is 2.53. The minimum Gasteiger partial charge on any atom is -0.382 e. The number of nitrogen functional groups attached to an aromatic ring is 1. The zero-order chi connectivity index (χ0) is 14.7. The lowest BCUT2D eigenvalue weighted by Gasteiger charge is -2.06. The highest BCUT2D eigenvalue weighted by atomic mass is 32.1. The van der Waals surface area contributed by atoms with Gasteiger partial charge < -0.3 is 10.3 Å². The molecule has 3 heterocycles. The highest BCUT2D eigenvalue weighted by Crippen LogP contribution is 2.19. The normalized spacial score (nSPS) is 11.1. The number of thiol groups is 1. The van der Waals surface area contributed by atoms with Crippen LogP contribution in [-0.4, -0.2) is 30.3 Å². The molecule has 0 spiro atoms. The number of fused-ring (bicyclic) bond motifs is 1. The van der Waals surface area contributed by atoms with Crippen LogP contribution in [-0.2, 0) is 19.4 Å². The molecule has 6 nitrogen and oxygen atoms in total. The average molecular weight is 300 g/mol. The SMILES string of the molecule is Nc1ncnc2c1nc(CCc1cccnc1)n2CCS. The number of anilines is 1. The van der Waals surface area contributed by atoms with Gasteiger partial charge in [-0.2, -0.15) is 12.6 Å². The molecule has 3 aromatic rings. The molecular weight excluding hydrogens is 284 g/mol. The molecule has 0 aliphatic rings. The lowest BCUT2D eigenvalue weighted by atomic mass is 10.1. The summed E-state index contributed by atoms with van der Waals surface area (Å²) in [7, 11) is 0. The summed E-state index contributed by atoms with van der Waals surface area (Å²) >= 11 is 4.31. The number of pyridine rings is 1. The molecule has 0 unspecified atom stereocenters. The van der Waals surface area contributed by atoms with E-state index in [0.29, 0.717) is 11.3 Å². The van der Waals surface area contributed by atoms with Crippen molar-refractivity contribution in [2.45, 2.75) is 19.4 Å². The van der Waals surface area contributed by atoms with Gasteiger partial charge in [0.2, 0.25) is 0 Å². The van der Waals surface area contributed by atoms with Crippen LogP contribution in [0.1, 0.15) is 11.4 Å². The third-order valence-electron chi connectivity index (χ3n) is 3.32. The number of hydrogen-bond donors (Lipinski definition) is 2. The van der Waals surface area contributed by atoms with Crippen molar-refractivity contribution in [3.8, 4) is 0 Å². The lowest BCUT2D eigenvalue weighted by molar-refractivity contribution is 0.707. The van der Waals surface area contributed by atoms with Crippen LogP contribution < -0.4 is 5.73 Å². The zero-order valence-corrected chi connectivity index (χ0v) is 12.4. The predicted molar refractivity (Wildman–Crippen MR) is 85.2 cm³/mol. The molecule has 0 saturated carbocycles. The van der Waals surface area contributed by atoms with Crippen molar-refractivity contribution in [1.29, 1.82) is 0 Å². The second kappa shape index (κ2) is 6.09. The molecule has 0 aliphatic carbocycles. The van der Waals surface area contributed by atoms with Crippen LogP contribution in [0.4, 0.5) is 5.82 Å². The minimum atomic E-state index is 0.417. The van der Waals surface area contributed by atoms with Crippen molar-refractivity contribution in [1.82, 2.24) is 24.5 Å². The molecule has 2 N–H and O–H groups in total. The van der Waals surface area contributed by atoms with E-state index in [0.717, 1.165) is 36.6 Å². The first-order chi connectivity index (χ1) is 10.3. The van der Waals surface area contributed by atoms with Gasteiger partial charge in [0.1, 0.15) is 12.2 Å². The number of rotatable bonds is 5. The zero-order valence-electron chi connectivity index (χ0n) is 11.5. The second-order valence-electron chi connectivity index (χ2n) is 4.70. The maximum Gasteiger partial charge on any atom is 0.165 e. The quantitative estimate of drug-likeness (QED) is 0.698. The molecule has 3 rings (SSSR count). The van der Waals surface area contributed by atoms with E-state index in [9.17, 15) is 0 Å². The van der Waals surface area contributed by atoms with E-state index in [1.54, 1.807) is 6.20 Å². The summed E-state index contributed by atoms with van der Waals surface area (Å²) in [6, 6.07) is 4.00. The van der Waals surface area contributed by atoms with Gasteiger partial charge in [-0.15, -0.1) is 0 Å². The third-order valence-corrected chi connectivity index (χ3v) is 3.52. The Morgan fingerprint density at radius 3 is 2.90 bits per heavy atom. The Balaban J connectivity index is 1.93. The smallest absolute Gasteiger partial charge is 0.165 e. The molecule has 0 aromatic carbocycles. The lowest BCUT2D eigenvalue weighted by Crippen LogP contribution is -2.07. The Morgan fingerprint density at radius 2 is 2.14 bits per heavy atom. The van der Waals surface area contributed by atoms with E-state index >= 15 is 0 Å². The minimum absolute atomic E-state index is 0.417. The predicted octanol–water partition coefficient (Wildman–Crippen LogP) is 1.52. The van der Waals surface area contributed by atoms with Crippen LogP contribution in [0.15, 0.2) is 30.9 Å². The van der Waals surface area contributed by atoms with E-state index < -0.39 is 0 Å². The Bertz CT molecular complexity index is 740. The largest absolute Gasteiger partial charge is 0.382 e. The van der Waals surface area contributed by atoms with Crippen molar-refractivity contribution in [2.24, 2.45) is 0 Å². The Kier molecular flexibility index (Phi) is 4.01. The molecule has 3 aromatic heterocycles. The number of nitrogens with zero attached hydrogens (tertiary/aromatic N) is 5. The van der Waals surface area contributed by atoms with E-state index in [4.69, 9.17) is 5.73 Å². The molecule has 0 atom stereocenters. The summed E-state index contributed by atoms with van der Waals surface area (Å²) in [4.78, 5) is 17.0. The van der Waals surface area contributed by atoms with Gasteiger partial charge in [0, 0.05) is 31.1 Å². The second-order valence-corrected chi connectivity index (χ2v) is 5.14. The first-order valence-electron chi connectivity index (χ1n) is 6.75. The molecular formula is C14H16N6S. The topological polar surface area (TPSA) is 82.5 Å². The Labute approximate surface area is 127 Å². The summed E-state index contributed by atoms with van der Waals surface area (Å²) in [6.45, 7) is 0.748. The molecule has 0 radical (unpaired) electrons. The summed E-state index contributed by atoms with van der Waals surface area (Å²) in [6.07, 6.45) is 6.79. The number of hydrogen-bond acceptors (Lipinski definition) is 6. The molecule has 0 bridgehead atoms. The van der Waals surface area contributed by atoms with Crippen LogP contribution in [0, 0.1) is 0 Å². The van der Waals surface area contributed by atoms with Crippen molar-refractivity contribution >= 4 is 29.6 Å². The van der Waals surface area contributed by atoms with Gasteiger partial charge in [0.05, 0.1) is 0 Å². The van der Waals surface area contributed by atoms with Crippen LogP contribution >= 0.6 is 12.6 Å². The van der Waals surface area contributed by atoms with Crippen LogP contribution in [0.25, 0.3) is 11.2 Å². The van der Waals surface area contributed by atoms with Gasteiger partial charge in [-0.05, 0) is 18.1 Å². The van der Waals surface area contributed by atoms with Gasteiger partial charge in [-0.25, -0.2) is 15.0 Å². The van der Waals surface area contributed by atoms with Crippen LogP contribution in [0.3, 0.4) is 0 Å². The number of aromatic nitrogens is 5. The highest BCUT2D eigenvalue weighted by molar-refractivity contribution is 7.80. The monoisotopic (exact) mass is 300 g/mol. The van der Waals surface area contributed by atoms with E-state index in [-0.39, 0.29) is 0 Å². The standard InChI is InChI=1S/C14H16N6S/c15-13-12-14(18-9-17-13)20(6-7-21)11(19-12)4-3-10-2-1-5-16-8-10/h1-2,5,8-9,21H,3-4,6-7H2,(H2,15,17,18). The van der Waals surface area contributed by atoms with Crippen LogP contribution in [0.2, 0.25) is 0 Å². The molecule has 108 valence electrons. The number of imidazole rings is 1. The number of nitrogens with two attached hydrogens (primary N) is 1. The van der Waals surface area contributed by atoms with Crippen molar-refractivity contribution in [3.63, 3.8) is 0 Å². The molecule has 0 fully saturated rings. The van der Waals surface area contributed by atoms with Gasteiger partial charge in [0.15, 0.2) is 17.0 Å². The van der Waals surface area contributed by atoms with E-state index in [1.165, 1.54) is 11.9 Å². The molecule has 21 heavy (non-hydrogen) atoms. The van der Waals surface area contributed by atoms with Gasteiger partial charge in [-0.3, -0.25) is 4.98 Å².